The number of nitrogens with one attached hydrogen (secondary N) is 1. The summed E-state index contributed by atoms with van der Waals surface area (Å²) in [5, 5.41) is 3.10. The molecule has 0 aromatic carbocycles. The van der Waals surface area contributed by atoms with E-state index in [9.17, 15) is 4.39 Å². The first-order valence-electron chi connectivity index (χ1n) is 6.89. The molecule has 1 saturated carbocycles. The first kappa shape index (κ1) is 14.2. The summed E-state index contributed by atoms with van der Waals surface area (Å²) in [5.41, 5.74) is 0.599. The van der Waals surface area contributed by atoms with Gasteiger partial charge in [0.05, 0.1) is 0 Å². The average Bonchev–Trinajstić information content (AvgIpc) is 3.23. The zero-order valence-electron chi connectivity index (χ0n) is 11.7. The predicted molar refractivity (Wildman–Crippen MR) is 72.7 cm³/mol. The van der Waals surface area contributed by atoms with Gasteiger partial charge in [0.1, 0.15) is 6.61 Å². The first-order chi connectivity index (χ1) is 9.22. The van der Waals surface area contributed by atoms with Crippen molar-refractivity contribution in [2.24, 2.45) is 0 Å². The van der Waals surface area contributed by atoms with Gasteiger partial charge < -0.3 is 15.0 Å². The Morgan fingerprint density at radius 3 is 3.00 bits per heavy atom. The minimum Gasteiger partial charge on any atom is -0.474 e. The van der Waals surface area contributed by atoms with Gasteiger partial charge in [0.25, 0.3) is 5.88 Å². The molecule has 1 heterocycles. The number of ether oxygens (including phenoxy) is 1. The Balaban J connectivity index is 1.84. The van der Waals surface area contributed by atoms with Crippen LogP contribution >= 0.6 is 0 Å². The van der Waals surface area contributed by atoms with E-state index >= 15 is 0 Å². The molecular weight excluding hydrogens is 245 g/mol. The number of rotatable bonds is 8. The summed E-state index contributed by atoms with van der Waals surface area (Å²) in [7, 11) is 2.08. The second-order valence-corrected chi connectivity index (χ2v) is 4.93. The fourth-order valence-electron chi connectivity index (χ4n) is 1.94. The Bertz CT molecular complexity index is 410. The highest BCUT2D eigenvalue weighted by Crippen LogP contribution is 2.25. The molecule has 0 amide bonds. The van der Waals surface area contributed by atoms with E-state index in [0.717, 1.165) is 13.1 Å². The van der Waals surface area contributed by atoms with Crippen LogP contribution in [0.2, 0.25) is 0 Å². The summed E-state index contributed by atoms with van der Waals surface area (Å²) in [6, 6.07) is 2.38. The van der Waals surface area contributed by atoms with E-state index in [0.29, 0.717) is 24.8 Å². The van der Waals surface area contributed by atoms with Crippen LogP contribution in [0, 0.1) is 5.82 Å². The summed E-state index contributed by atoms with van der Waals surface area (Å²) in [6.07, 6.45) is 4.12. The molecule has 5 heteroatoms. The molecule has 106 valence electrons. The van der Waals surface area contributed by atoms with Gasteiger partial charge in [-0.3, -0.25) is 0 Å². The number of aromatic nitrogens is 1. The van der Waals surface area contributed by atoms with Crippen molar-refractivity contribution in [3.63, 3.8) is 0 Å². The lowest BCUT2D eigenvalue weighted by Crippen LogP contribution is -2.26. The Morgan fingerprint density at radius 2 is 2.32 bits per heavy atom. The predicted octanol–water partition coefficient (Wildman–Crippen LogP) is 1.80. The highest BCUT2D eigenvalue weighted by molar-refractivity contribution is 5.23. The Kier molecular flexibility index (Phi) is 5.10. The number of hydrogen-bond donors (Lipinski definition) is 1. The molecule has 1 N–H and O–H groups in total. The van der Waals surface area contributed by atoms with E-state index in [1.54, 1.807) is 12.3 Å². The number of nitrogens with zero attached hydrogens (tertiary/aromatic N) is 2. The van der Waals surface area contributed by atoms with Crippen molar-refractivity contribution in [3.05, 3.63) is 23.6 Å². The topological polar surface area (TPSA) is 37.4 Å². The Hall–Kier alpha value is -1.20. The number of hydrogen-bond acceptors (Lipinski definition) is 4. The van der Waals surface area contributed by atoms with Crippen LogP contribution in [-0.2, 0) is 6.54 Å². The third kappa shape index (κ3) is 4.14. The SMILES string of the molecule is CCNCc1ccnc(OCCN(C)C2CC2)c1F. The van der Waals surface area contributed by atoms with Crippen LogP contribution in [-0.4, -0.2) is 42.7 Å². The standard InChI is InChI=1S/C14H22FN3O/c1-3-16-10-11-6-7-17-14(13(11)15)19-9-8-18(2)12-4-5-12/h6-7,12,16H,3-5,8-10H2,1-2H3. The minimum atomic E-state index is -0.350. The van der Waals surface area contributed by atoms with E-state index in [1.807, 2.05) is 6.92 Å². The molecule has 19 heavy (non-hydrogen) atoms. The Morgan fingerprint density at radius 1 is 1.53 bits per heavy atom. The molecule has 1 aliphatic carbocycles. The van der Waals surface area contributed by atoms with E-state index in [4.69, 9.17) is 4.74 Å². The Labute approximate surface area is 114 Å². The van der Waals surface area contributed by atoms with Gasteiger partial charge in [0, 0.05) is 30.9 Å². The van der Waals surface area contributed by atoms with Crippen LogP contribution in [0.3, 0.4) is 0 Å². The fraction of sp³-hybridized carbons (Fsp3) is 0.643. The normalized spacial score (nSPS) is 14.9. The minimum absolute atomic E-state index is 0.111. The lowest BCUT2D eigenvalue weighted by atomic mass is 10.2. The summed E-state index contributed by atoms with van der Waals surface area (Å²) in [6.45, 7) is 4.59. The zero-order valence-corrected chi connectivity index (χ0v) is 11.7. The van der Waals surface area contributed by atoms with Crippen molar-refractivity contribution < 1.29 is 9.13 Å². The molecule has 1 aliphatic rings. The largest absolute Gasteiger partial charge is 0.474 e. The number of pyridine rings is 1. The quantitative estimate of drug-likeness (QED) is 0.779. The molecular formula is C14H22FN3O. The van der Waals surface area contributed by atoms with Gasteiger partial charge in [-0.1, -0.05) is 6.92 Å². The maximum Gasteiger partial charge on any atom is 0.250 e. The molecule has 1 aromatic heterocycles. The lowest BCUT2D eigenvalue weighted by molar-refractivity contribution is 0.219. The van der Waals surface area contributed by atoms with Gasteiger partial charge in [-0.15, -0.1) is 0 Å². The molecule has 0 aliphatic heterocycles. The molecule has 4 nitrogen and oxygen atoms in total. The molecule has 0 unspecified atom stereocenters. The lowest BCUT2D eigenvalue weighted by Gasteiger charge is -2.16. The molecule has 2 rings (SSSR count). The number of likely N-dealkylation sites (N-methyl/N-ethyl adjacent to an activating group) is 1. The molecule has 1 aromatic rings. The van der Waals surface area contributed by atoms with Crippen LogP contribution < -0.4 is 10.1 Å². The van der Waals surface area contributed by atoms with Crippen LogP contribution in [0.1, 0.15) is 25.3 Å². The van der Waals surface area contributed by atoms with Crippen LogP contribution in [0.4, 0.5) is 4.39 Å². The smallest absolute Gasteiger partial charge is 0.250 e. The van der Waals surface area contributed by atoms with Crippen molar-refractivity contribution in [3.8, 4) is 5.88 Å². The molecule has 0 bridgehead atoms. The summed E-state index contributed by atoms with van der Waals surface area (Å²) in [5.74, 6) is -0.239. The summed E-state index contributed by atoms with van der Waals surface area (Å²) < 4.78 is 19.5. The molecule has 0 radical (unpaired) electrons. The average molecular weight is 267 g/mol. The first-order valence-corrected chi connectivity index (χ1v) is 6.89. The van der Waals surface area contributed by atoms with Gasteiger partial charge in [0.2, 0.25) is 0 Å². The van der Waals surface area contributed by atoms with Gasteiger partial charge in [-0.05, 0) is 32.5 Å². The maximum absolute atomic E-state index is 14.1. The second-order valence-electron chi connectivity index (χ2n) is 4.93. The van der Waals surface area contributed by atoms with Crippen molar-refractivity contribution in [1.29, 1.82) is 0 Å². The monoisotopic (exact) mass is 267 g/mol. The van der Waals surface area contributed by atoms with Gasteiger partial charge in [0.15, 0.2) is 5.82 Å². The third-order valence-corrected chi connectivity index (χ3v) is 3.36. The van der Waals surface area contributed by atoms with Crippen LogP contribution in [0.15, 0.2) is 12.3 Å². The maximum atomic E-state index is 14.1. The molecule has 1 fully saturated rings. The summed E-state index contributed by atoms with van der Waals surface area (Å²) in [4.78, 5) is 6.21. The van der Waals surface area contributed by atoms with Crippen LogP contribution in [0.5, 0.6) is 5.88 Å². The highest BCUT2D eigenvalue weighted by atomic mass is 19.1. The van der Waals surface area contributed by atoms with Crippen molar-refractivity contribution in [1.82, 2.24) is 15.2 Å². The third-order valence-electron chi connectivity index (χ3n) is 3.36. The van der Waals surface area contributed by atoms with Gasteiger partial charge >= 0.3 is 0 Å². The van der Waals surface area contributed by atoms with Crippen molar-refractivity contribution in [2.75, 3.05) is 26.7 Å². The second kappa shape index (κ2) is 6.82. The van der Waals surface area contributed by atoms with Crippen molar-refractivity contribution in [2.45, 2.75) is 32.4 Å². The summed E-state index contributed by atoms with van der Waals surface area (Å²) >= 11 is 0. The van der Waals surface area contributed by atoms with E-state index < -0.39 is 0 Å². The highest BCUT2D eigenvalue weighted by Gasteiger charge is 2.25. The molecule has 0 saturated heterocycles. The zero-order chi connectivity index (χ0) is 13.7. The van der Waals surface area contributed by atoms with Crippen LogP contribution in [0.25, 0.3) is 0 Å². The fourth-order valence-corrected chi connectivity index (χ4v) is 1.94. The molecule has 0 spiro atoms. The van der Waals surface area contributed by atoms with E-state index in [2.05, 4.69) is 22.2 Å². The van der Waals surface area contributed by atoms with E-state index in [1.165, 1.54) is 12.8 Å². The molecule has 0 atom stereocenters. The number of halogens is 1. The van der Waals surface area contributed by atoms with Gasteiger partial charge in [-0.25, -0.2) is 9.37 Å². The van der Waals surface area contributed by atoms with E-state index in [-0.39, 0.29) is 11.7 Å². The van der Waals surface area contributed by atoms with Crippen molar-refractivity contribution >= 4 is 0 Å². The van der Waals surface area contributed by atoms with Gasteiger partial charge in [-0.2, -0.15) is 0 Å².